The van der Waals surface area contributed by atoms with Crippen LogP contribution < -0.4 is 10.5 Å². The molecular weight excluding hydrogens is 230 g/mol. The Balaban J connectivity index is 2.66. The molecule has 2 N–H and O–H groups in total. The summed E-state index contributed by atoms with van der Waals surface area (Å²) in [5, 5.41) is 0. The molecule has 0 amide bonds. The number of esters is 1. The summed E-state index contributed by atoms with van der Waals surface area (Å²) in [6.45, 7) is 3.20. The molecule has 4 heteroatoms. The summed E-state index contributed by atoms with van der Waals surface area (Å²) in [5.74, 6) is 0.601. The Morgan fingerprint density at radius 2 is 2.00 bits per heavy atom. The van der Waals surface area contributed by atoms with E-state index in [2.05, 4.69) is 11.7 Å². The predicted molar refractivity (Wildman–Crippen MR) is 70.7 cm³/mol. The highest BCUT2D eigenvalue weighted by Crippen LogP contribution is 2.22. The second-order valence-corrected chi connectivity index (χ2v) is 4.13. The highest BCUT2D eigenvalue weighted by Gasteiger charge is 2.14. The van der Waals surface area contributed by atoms with Crippen LogP contribution in [0.15, 0.2) is 24.3 Å². The van der Waals surface area contributed by atoms with E-state index in [0.29, 0.717) is 19.6 Å². The zero-order valence-corrected chi connectivity index (χ0v) is 11.0. The van der Waals surface area contributed by atoms with Crippen molar-refractivity contribution in [1.29, 1.82) is 0 Å². The summed E-state index contributed by atoms with van der Waals surface area (Å²) in [4.78, 5) is 11.3. The van der Waals surface area contributed by atoms with Crippen molar-refractivity contribution in [2.45, 2.75) is 25.7 Å². The van der Waals surface area contributed by atoms with Crippen molar-refractivity contribution in [2.24, 2.45) is 5.73 Å². The van der Waals surface area contributed by atoms with Crippen molar-refractivity contribution in [1.82, 2.24) is 0 Å². The van der Waals surface area contributed by atoms with Gasteiger partial charge in [0.25, 0.3) is 0 Å². The summed E-state index contributed by atoms with van der Waals surface area (Å²) < 4.78 is 10.2. The summed E-state index contributed by atoms with van der Waals surface area (Å²) in [6, 6.07) is 7.72. The second kappa shape index (κ2) is 7.71. The summed E-state index contributed by atoms with van der Waals surface area (Å²) in [6.07, 6.45) is 1.29. The third kappa shape index (κ3) is 4.37. The zero-order valence-electron chi connectivity index (χ0n) is 11.0. The minimum Gasteiger partial charge on any atom is -0.494 e. The first-order valence-electron chi connectivity index (χ1n) is 6.20. The van der Waals surface area contributed by atoms with Crippen molar-refractivity contribution < 1.29 is 14.3 Å². The van der Waals surface area contributed by atoms with Crippen LogP contribution in [0.5, 0.6) is 5.75 Å². The molecule has 4 nitrogen and oxygen atoms in total. The van der Waals surface area contributed by atoms with Gasteiger partial charge in [-0.15, -0.1) is 0 Å². The van der Waals surface area contributed by atoms with Gasteiger partial charge in [-0.25, -0.2) is 0 Å². The maximum Gasteiger partial charge on any atom is 0.306 e. The number of methoxy groups -OCH3 is 1. The van der Waals surface area contributed by atoms with Gasteiger partial charge in [-0.3, -0.25) is 4.79 Å². The van der Waals surface area contributed by atoms with Crippen molar-refractivity contribution in [3.63, 3.8) is 0 Å². The molecule has 0 aromatic heterocycles. The fraction of sp³-hybridized carbons (Fsp3) is 0.500. The minimum absolute atomic E-state index is 0.00215. The number of hydrogen-bond acceptors (Lipinski definition) is 4. The Morgan fingerprint density at radius 3 is 2.50 bits per heavy atom. The Hall–Kier alpha value is -1.55. The van der Waals surface area contributed by atoms with Crippen LogP contribution in [0.1, 0.15) is 31.2 Å². The van der Waals surface area contributed by atoms with Gasteiger partial charge < -0.3 is 15.2 Å². The summed E-state index contributed by atoms with van der Waals surface area (Å²) in [7, 11) is 1.39. The number of benzene rings is 1. The second-order valence-electron chi connectivity index (χ2n) is 4.13. The SMILES string of the molecule is CCCOc1ccc(C(CN)CC(=O)OC)cc1. The van der Waals surface area contributed by atoms with Crippen LogP contribution in [0.4, 0.5) is 0 Å². The van der Waals surface area contributed by atoms with E-state index in [9.17, 15) is 4.79 Å². The lowest BCUT2D eigenvalue weighted by molar-refractivity contribution is -0.141. The van der Waals surface area contributed by atoms with Gasteiger partial charge in [0.05, 0.1) is 20.1 Å². The molecule has 0 spiro atoms. The van der Waals surface area contributed by atoms with Gasteiger partial charge in [0.2, 0.25) is 0 Å². The first kappa shape index (κ1) is 14.5. The fourth-order valence-electron chi connectivity index (χ4n) is 1.68. The summed E-state index contributed by atoms with van der Waals surface area (Å²) in [5.41, 5.74) is 6.72. The number of rotatable bonds is 7. The zero-order chi connectivity index (χ0) is 13.4. The van der Waals surface area contributed by atoms with Gasteiger partial charge in [0.15, 0.2) is 0 Å². The van der Waals surface area contributed by atoms with E-state index in [0.717, 1.165) is 17.7 Å². The number of ether oxygens (including phenoxy) is 2. The largest absolute Gasteiger partial charge is 0.494 e. The van der Waals surface area contributed by atoms with Crippen molar-refractivity contribution in [3.05, 3.63) is 29.8 Å². The Kier molecular flexibility index (Phi) is 6.22. The van der Waals surface area contributed by atoms with E-state index < -0.39 is 0 Å². The van der Waals surface area contributed by atoms with Crippen LogP contribution in [0.3, 0.4) is 0 Å². The number of carbonyl (C=O) groups excluding carboxylic acids is 1. The lowest BCUT2D eigenvalue weighted by atomic mass is 9.96. The number of nitrogens with two attached hydrogens (primary N) is 1. The van der Waals surface area contributed by atoms with Crippen molar-refractivity contribution >= 4 is 5.97 Å². The molecule has 0 fully saturated rings. The van der Waals surface area contributed by atoms with Crippen molar-refractivity contribution in [3.8, 4) is 5.75 Å². The molecule has 0 saturated carbocycles. The average Bonchev–Trinajstić information content (AvgIpc) is 2.42. The van der Waals surface area contributed by atoms with Gasteiger partial charge in [-0.05, 0) is 30.7 Å². The van der Waals surface area contributed by atoms with Gasteiger partial charge in [-0.1, -0.05) is 19.1 Å². The first-order valence-corrected chi connectivity index (χ1v) is 6.20. The van der Waals surface area contributed by atoms with Gasteiger partial charge >= 0.3 is 5.97 Å². The van der Waals surface area contributed by atoms with Crippen LogP contribution in [0.2, 0.25) is 0 Å². The van der Waals surface area contributed by atoms with Crippen LogP contribution in [-0.4, -0.2) is 26.2 Å². The molecular formula is C14H21NO3. The molecule has 1 atom stereocenters. The Bertz CT molecular complexity index is 362. The van der Waals surface area contributed by atoms with Gasteiger partial charge in [0.1, 0.15) is 5.75 Å². The molecule has 0 aliphatic rings. The van der Waals surface area contributed by atoms with Crippen LogP contribution >= 0.6 is 0 Å². The fourth-order valence-corrected chi connectivity index (χ4v) is 1.68. The third-order valence-electron chi connectivity index (χ3n) is 2.75. The maximum absolute atomic E-state index is 11.3. The van der Waals surface area contributed by atoms with E-state index in [1.165, 1.54) is 7.11 Å². The number of hydrogen-bond donors (Lipinski definition) is 1. The Morgan fingerprint density at radius 1 is 1.33 bits per heavy atom. The standard InChI is InChI=1S/C14H21NO3/c1-3-8-18-13-6-4-11(5-7-13)12(10-15)9-14(16)17-2/h4-7,12H,3,8-10,15H2,1-2H3. The lowest BCUT2D eigenvalue weighted by Crippen LogP contribution is -2.17. The maximum atomic E-state index is 11.3. The van der Waals surface area contributed by atoms with Crippen molar-refractivity contribution in [2.75, 3.05) is 20.3 Å². The molecule has 1 unspecified atom stereocenters. The molecule has 0 bridgehead atoms. The Labute approximate surface area is 108 Å². The van der Waals surface area contributed by atoms with E-state index in [1.54, 1.807) is 0 Å². The molecule has 1 aromatic carbocycles. The molecule has 0 radical (unpaired) electrons. The van der Waals surface area contributed by atoms with Crippen LogP contribution in [-0.2, 0) is 9.53 Å². The molecule has 0 aliphatic heterocycles. The highest BCUT2D eigenvalue weighted by atomic mass is 16.5. The molecule has 18 heavy (non-hydrogen) atoms. The van der Waals surface area contributed by atoms with Gasteiger partial charge in [-0.2, -0.15) is 0 Å². The lowest BCUT2D eigenvalue weighted by Gasteiger charge is -2.14. The molecule has 1 aromatic rings. The topological polar surface area (TPSA) is 61.5 Å². The monoisotopic (exact) mass is 251 g/mol. The average molecular weight is 251 g/mol. The van der Waals surface area contributed by atoms with E-state index in [-0.39, 0.29) is 11.9 Å². The number of carbonyl (C=O) groups is 1. The third-order valence-corrected chi connectivity index (χ3v) is 2.75. The molecule has 0 aliphatic carbocycles. The normalized spacial score (nSPS) is 11.9. The predicted octanol–water partition coefficient (Wildman–Crippen LogP) is 2.08. The van der Waals surface area contributed by atoms with Crippen LogP contribution in [0, 0.1) is 0 Å². The van der Waals surface area contributed by atoms with E-state index in [4.69, 9.17) is 10.5 Å². The van der Waals surface area contributed by atoms with Crippen LogP contribution in [0.25, 0.3) is 0 Å². The molecule has 0 saturated heterocycles. The molecule has 1 rings (SSSR count). The minimum atomic E-state index is -0.239. The van der Waals surface area contributed by atoms with Gasteiger partial charge in [0, 0.05) is 5.92 Å². The summed E-state index contributed by atoms with van der Waals surface area (Å²) >= 11 is 0. The first-order chi connectivity index (χ1) is 8.71. The van der Waals surface area contributed by atoms with E-state index in [1.807, 2.05) is 24.3 Å². The highest BCUT2D eigenvalue weighted by molar-refractivity contribution is 5.70. The smallest absolute Gasteiger partial charge is 0.306 e. The molecule has 0 heterocycles. The quantitative estimate of drug-likeness (QED) is 0.754. The molecule has 100 valence electrons. The van der Waals surface area contributed by atoms with E-state index >= 15 is 0 Å².